The van der Waals surface area contributed by atoms with Gasteiger partial charge in [0.05, 0.1) is 12.2 Å². The van der Waals surface area contributed by atoms with Gasteiger partial charge in [-0.2, -0.15) is 0 Å². The first-order valence-corrected chi connectivity index (χ1v) is 7.07. The summed E-state index contributed by atoms with van der Waals surface area (Å²) in [7, 11) is 2.02. The highest BCUT2D eigenvalue weighted by Crippen LogP contribution is 2.35. The van der Waals surface area contributed by atoms with E-state index in [1.54, 1.807) is 0 Å². The molecule has 1 aromatic rings. The summed E-state index contributed by atoms with van der Waals surface area (Å²) in [5.74, 6) is 0.857. The van der Waals surface area contributed by atoms with E-state index in [4.69, 9.17) is 4.74 Å². The van der Waals surface area contributed by atoms with Crippen LogP contribution in [0.5, 0.6) is 0 Å². The molecule has 18 heavy (non-hydrogen) atoms. The summed E-state index contributed by atoms with van der Waals surface area (Å²) in [6.07, 6.45) is 4.94. The van der Waals surface area contributed by atoms with Crippen LogP contribution in [0.15, 0.2) is 30.3 Å². The molecule has 1 aliphatic rings. The normalized spacial score (nSPS) is 28.2. The van der Waals surface area contributed by atoms with E-state index < -0.39 is 0 Å². The Hall–Kier alpha value is -0.860. The second-order valence-electron chi connectivity index (χ2n) is 5.67. The van der Waals surface area contributed by atoms with Crippen molar-refractivity contribution in [1.29, 1.82) is 0 Å². The van der Waals surface area contributed by atoms with Crippen molar-refractivity contribution in [3.05, 3.63) is 35.9 Å². The second kappa shape index (κ2) is 6.35. The van der Waals surface area contributed by atoms with Gasteiger partial charge in [0.25, 0.3) is 0 Å². The number of nitrogens with one attached hydrogen (secondary N) is 1. The molecule has 1 saturated carbocycles. The second-order valence-corrected chi connectivity index (χ2v) is 5.67. The minimum Gasteiger partial charge on any atom is -0.369 e. The zero-order chi connectivity index (χ0) is 12.8. The molecule has 1 aromatic carbocycles. The van der Waals surface area contributed by atoms with Gasteiger partial charge in [-0.15, -0.1) is 0 Å². The summed E-state index contributed by atoms with van der Waals surface area (Å²) in [6, 6.07) is 10.5. The Bertz CT molecular complexity index is 341. The quantitative estimate of drug-likeness (QED) is 0.861. The molecule has 0 atom stereocenters. The minimum absolute atomic E-state index is 0.0527. The van der Waals surface area contributed by atoms with Gasteiger partial charge in [0.15, 0.2) is 0 Å². The van der Waals surface area contributed by atoms with Gasteiger partial charge >= 0.3 is 0 Å². The van der Waals surface area contributed by atoms with E-state index in [2.05, 4.69) is 42.6 Å². The average molecular weight is 247 g/mol. The van der Waals surface area contributed by atoms with Crippen molar-refractivity contribution in [3.63, 3.8) is 0 Å². The summed E-state index contributed by atoms with van der Waals surface area (Å²) in [4.78, 5) is 0. The van der Waals surface area contributed by atoms with E-state index >= 15 is 0 Å². The third-order valence-electron chi connectivity index (χ3n) is 4.07. The highest BCUT2D eigenvalue weighted by Gasteiger charge is 2.34. The highest BCUT2D eigenvalue weighted by molar-refractivity contribution is 5.13. The number of hydrogen-bond acceptors (Lipinski definition) is 2. The maximum absolute atomic E-state index is 6.28. The van der Waals surface area contributed by atoms with E-state index in [9.17, 15) is 0 Å². The predicted molar refractivity (Wildman–Crippen MR) is 75.5 cm³/mol. The van der Waals surface area contributed by atoms with Gasteiger partial charge in [0, 0.05) is 6.54 Å². The van der Waals surface area contributed by atoms with Crippen LogP contribution in [-0.4, -0.2) is 19.2 Å². The fraction of sp³-hybridized carbons (Fsp3) is 0.625. The summed E-state index contributed by atoms with van der Waals surface area (Å²) in [5.41, 5.74) is 1.32. The molecule has 0 aromatic heterocycles. The highest BCUT2D eigenvalue weighted by atomic mass is 16.5. The van der Waals surface area contributed by atoms with Crippen LogP contribution < -0.4 is 5.32 Å². The van der Waals surface area contributed by atoms with Crippen LogP contribution in [0.3, 0.4) is 0 Å². The summed E-state index contributed by atoms with van der Waals surface area (Å²) >= 11 is 0. The van der Waals surface area contributed by atoms with Gasteiger partial charge < -0.3 is 10.1 Å². The molecule has 0 spiro atoms. The molecular formula is C16H25NO. The zero-order valence-corrected chi connectivity index (χ0v) is 11.6. The fourth-order valence-corrected chi connectivity index (χ4v) is 2.79. The molecule has 1 N–H and O–H groups in total. The molecule has 0 radical (unpaired) electrons. The molecule has 2 rings (SSSR count). The molecule has 0 unspecified atom stereocenters. The maximum Gasteiger partial charge on any atom is 0.0810 e. The molecule has 100 valence electrons. The monoisotopic (exact) mass is 247 g/mol. The lowest BCUT2D eigenvalue weighted by Gasteiger charge is -2.39. The third kappa shape index (κ3) is 3.56. The van der Waals surface area contributed by atoms with Crippen LogP contribution in [0.25, 0.3) is 0 Å². The Morgan fingerprint density at radius 1 is 1.22 bits per heavy atom. The lowest BCUT2D eigenvalue weighted by Crippen LogP contribution is -2.44. The van der Waals surface area contributed by atoms with E-state index in [1.165, 1.54) is 31.2 Å². The summed E-state index contributed by atoms with van der Waals surface area (Å²) in [5, 5.41) is 3.30. The molecular weight excluding hydrogens is 222 g/mol. The Morgan fingerprint density at radius 2 is 1.89 bits per heavy atom. The van der Waals surface area contributed by atoms with Crippen LogP contribution in [0, 0.1) is 5.92 Å². The molecule has 0 amide bonds. The maximum atomic E-state index is 6.28. The van der Waals surface area contributed by atoms with Crippen molar-refractivity contribution >= 4 is 0 Å². The van der Waals surface area contributed by atoms with Gasteiger partial charge in [-0.05, 0) is 44.2 Å². The molecule has 2 nitrogen and oxygen atoms in total. The number of hydrogen-bond donors (Lipinski definition) is 1. The Kier molecular flexibility index (Phi) is 4.79. The van der Waals surface area contributed by atoms with Gasteiger partial charge in [-0.3, -0.25) is 0 Å². The summed E-state index contributed by atoms with van der Waals surface area (Å²) in [6.45, 7) is 4.05. The Balaban J connectivity index is 1.94. The fourth-order valence-electron chi connectivity index (χ4n) is 2.79. The molecule has 0 aliphatic heterocycles. The topological polar surface area (TPSA) is 21.3 Å². The number of ether oxygens (including phenoxy) is 1. The van der Waals surface area contributed by atoms with E-state index in [0.717, 1.165) is 19.1 Å². The first-order valence-electron chi connectivity index (χ1n) is 7.07. The van der Waals surface area contributed by atoms with Crippen LogP contribution in [0.1, 0.15) is 38.2 Å². The zero-order valence-electron chi connectivity index (χ0n) is 11.6. The van der Waals surface area contributed by atoms with Crippen molar-refractivity contribution < 1.29 is 4.74 Å². The first-order chi connectivity index (χ1) is 8.74. The molecule has 0 heterocycles. The van der Waals surface area contributed by atoms with Crippen molar-refractivity contribution in [2.45, 2.75) is 44.8 Å². The Morgan fingerprint density at radius 3 is 2.50 bits per heavy atom. The third-order valence-corrected chi connectivity index (χ3v) is 4.07. The average Bonchev–Trinajstić information content (AvgIpc) is 2.41. The molecule has 2 heteroatoms. The van der Waals surface area contributed by atoms with Crippen molar-refractivity contribution in [1.82, 2.24) is 5.32 Å². The van der Waals surface area contributed by atoms with Gasteiger partial charge in [0.2, 0.25) is 0 Å². The molecule has 0 saturated heterocycles. The Labute approximate surface area is 111 Å². The van der Waals surface area contributed by atoms with Crippen molar-refractivity contribution in [2.24, 2.45) is 5.92 Å². The number of likely N-dealkylation sites (N-methyl/N-ethyl adjacent to an activating group) is 1. The van der Waals surface area contributed by atoms with Gasteiger partial charge in [0.1, 0.15) is 0 Å². The van der Waals surface area contributed by atoms with Crippen molar-refractivity contribution in [3.8, 4) is 0 Å². The van der Waals surface area contributed by atoms with Crippen LogP contribution in [-0.2, 0) is 11.3 Å². The van der Waals surface area contributed by atoms with E-state index in [0.29, 0.717) is 0 Å². The van der Waals surface area contributed by atoms with Gasteiger partial charge in [-0.1, -0.05) is 37.3 Å². The molecule has 1 aliphatic carbocycles. The summed E-state index contributed by atoms with van der Waals surface area (Å²) < 4.78 is 6.28. The van der Waals surface area contributed by atoms with E-state index in [1.807, 2.05) is 7.05 Å². The number of benzene rings is 1. The van der Waals surface area contributed by atoms with Crippen LogP contribution >= 0.6 is 0 Å². The lowest BCUT2D eigenvalue weighted by molar-refractivity contribution is -0.0840. The smallest absolute Gasteiger partial charge is 0.0810 e. The van der Waals surface area contributed by atoms with E-state index in [-0.39, 0.29) is 5.60 Å². The first kappa shape index (κ1) is 13.6. The van der Waals surface area contributed by atoms with Crippen LogP contribution in [0.2, 0.25) is 0 Å². The SMILES string of the molecule is CNCC1(OCc2ccccc2)CCC(C)CC1. The standard InChI is InChI=1S/C16H25NO/c1-14-8-10-16(11-9-14,13-17-2)18-12-15-6-4-3-5-7-15/h3-7,14,17H,8-13H2,1-2H3. The predicted octanol–water partition coefficient (Wildman–Crippen LogP) is 3.37. The molecule has 1 fully saturated rings. The van der Waals surface area contributed by atoms with Crippen LogP contribution in [0.4, 0.5) is 0 Å². The molecule has 0 bridgehead atoms. The minimum atomic E-state index is 0.0527. The number of rotatable bonds is 5. The van der Waals surface area contributed by atoms with Gasteiger partial charge in [-0.25, -0.2) is 0 Å². The van der Waals surface area contributed by atoms with Crippen molar-refractivity contribution in [2.75, 3.05) is 13.6 Å². The lowest BCUT2D eigenvalue weighted by atomic mass is 9.79. The largest absolute Gasteiger partial charge is 0.369 e.